The molecule has 0 aromatic heterocycles. The molecule has 0 radical (unpaired) electrons. The Morgan fingerprint density at radius 3 is 2.14 bits per heavy atom. The zero-order valence-corrected chi connectivity index (χ0v) is 9.94. The summed E-state index contributed by atoms with van der Waals surface area (Å²) in [7, 11) is 0. The van der Waals surface area contributed by atoms with Gasteiger partial charge in [0.25, 0.3) is 0 Å². The van der Waals surface area contributed by atoms with Crippen molar-refractivity contribution < 1.29 is 4.79 Å². The summed E-state index contributed by atoms with van der Waals surface area (Å²) in [5.41, 5.74) is 0.317. The Labute approximate surface area is 88.3 Å². The maximum Gasteiger partial charge on any atom is 0.136 e. The largest absolute Gasteiger partial charge is 0.299 e. The highest BCUT2D eigenvalue weighted by Gasteiger charge is 2.39. The van der Waals surface area contributed by atoms with Crippen LogP contribution >= 0.6 is 0 Å². The van der Waals surface area contributed by atoms with Crippen molar-refractivity contribution in [2.24, 2.45) is 11.3 Å². The molecule has 0 saturated heterocycles. The van der Waals surface area contributed by atoms with Crippen molar-refractivity contribution in [2.45, 2.75) is 65.7 Å². The molecule has 82 valence electrons. The number of Topliss-reactive ketones (excluding diaryl/α,β-unsaturated/α-hetero) is 1. The van der Waals surface area contributed by atoms with Gasteiger partial charge in [-0.1, -0.05) is 27.2 Å². The number of hydrogen-bond acceptors (Lipinski definition) is 1. The van der Waals surface area contributed by atoms with E-state index in [1.165, 1.54) is 6.42 Å². The molecule has 0 bridgehead atoms. The van der Waals surface area contributed by atoms with Gasteiger partial charge in [0.2, 0.25) is 0 Å². The Morgan fingerprint density at radius 2 is 1.71 bits per heavy atom. The summed E-state index contributed by atoms with van der Waals surface area (Å²) >= 11 is 0. The highest BCUT2D eigenvalue weighted by Crippen LogP contribution is 2.44. The fourth-order valence-electron chi connectivity index (χ4n) is 3.12. The summed E-state index contributed by atoms with van der Waals surface area (Å²) in [6.45, 7) is 6.73. The van der Waals surface area contributed by atoms with Gasteiger partial charge in [-0.3, -0.25) is 4.79 Å². The molecule has 1 aliphatic rings. The number of carbonyl (C=O) groups is 1. The molecule has 1 atom stereocenters. The van der Waals surface area contributed by atoms with E-state index < -0.39 is 0 Å². The third kappa shape index (κ3) is 2.02. The molecular weight excluding hydrogens is 172 g/mol. The van der Waals surface area contributed by atoms with Crippen molar-refractivity contribution in [3.05, 3.63) is 0 Å². The van der Waals surface area contributed by atoms with Gasteiger partial charge in [-0.25, -0.2) is 0 Å². The minimum absolute atomic E-state index is 0.317. The van der Waals surface area contributed by atoms with E-state index in [-0.39, 0.29) is 0 Å². The smallest absolute Gasteiger partial charge is 0.136 e. The van der Waals surface area contributed by atoms with Gasteiger partial charge in [-0.2, -0.15) is 0 Å². The summed E-state index contributed by atoms with van der Waals surface area (Å²) in [4.78, 5) is 11.9. The van der Waals surface area contributed by atoms with Crippen LogP contribution in [0.15, 0.2) is 0 Å². The normalized spacial score (nSPS) is 23.9. The number of rotatable bonds is 4. The van der Waals surface area contributed by atoms with E-state index in [9.17, 15) is 4.79 Å². The van der Waals surface area contributed by atoms with Crippen LogP contribution in [0.4, 0.5) is 0 Å². The average molecular weight is 196 g/mol. The first-order valence-corrected chi connectivity index (χ1v) is 6.23. The lowest BCUT2D eigenvalue weighted by Crippen LogP contribution is -2.36. The second-order valence-corrected chi connectivity index (χ2v) is 4.69. The first-order chi connectivity index (χ1) is 6.70. The molecule has 0 spiro atoms. The van der Waals surface area contributed by atoms with E-state index in [2.05, 4.69) is 20.8 Å². The quantitative estimate of drug-likeness (QED) is 0.665. The molecule has 1 unspecified atom stereocenters. The fourth-order valence-corrected chi connectivity index (χ4v) is 3.12. The van der Waals surface area contributed by atoms with Crippen LogP contribution in [0, 0.1) is 11.3 Å². The molecule has 1 aliphatic carbocycles. The minimum Gasteiger partial charge on any atom is -0.299 e. The van der Waals surface area contributed by atoms with Crippen molar-refractivity contribution in [2.75, 3.05) is 0 Å². The van der Waals surface area contributed by atoms with Crippen LogP contribution in [0.5, 0.6) is 0 Å². The fraction of sp³-hybridized carbons (Fsp3) is 0.923. The first-order valence-electron chi connectivity index (χ1n) is 6.23. The lowest BCUT2D eigenvalue weighted by atomic mass is 9.64. The SMILES string of the molecule is CCC(CC)(CC)C1CCCCC1=O. The lowest BCUT2D eigenvalue weighted by Gasteiger charge is -2.40. The van der Waals surface area contributed by atoms with Gasteiger partial charge in [0.1, 0.15) is 5.78 Å². The Morgan fingerprint density at radius 1 is 1.14 bits per heavy atom. The van der Waals surface area contributed by atoms with E-state index in [1.807, 2.05) is 0 Å². The van der Waals surface area contributed by atoms with Gasteiger partial charge < -0.3 is 0 Å². The van der Waals surface area contributed by atoms with Crippen LogP contribution in [-0.4, -0.2) is 5.78 Å². The molecule has 0 heterocycles. The maximum absolute atomic E-state index is 11.9. The Bertz CT molecular complexity index is 183. The van der Waals surface area contributed by atoms with E-state index >= 15 is 0 Å². The molecular formula is C13H24O. The monoisotopic (exact) mass is 196 g/mol. The van der Waals surface area contributed by atoms with Crippen LogP contribution in [0.2, 0.25) is 0 Å². The average Bonchev–Trinajstić information content (AvgIpc) is 2.24. The van der Waals surface area contributed by atoms with Gasteiger partial charge >= 0.3 is 0 Å². The topological polar surface area (TPSA) is 17.1 Å². The third-order valence-corrected chi connectivity index (χ3v) is 4.41. The molecule has 0 N–H and O–H groups in total. The zero-order chi connectivity index (χ0) is 10.6. The van der Waals surface area contributed by atoms with Crippen molar-refractivity contribution >= 4 is 5.78 Å². The second kappa shape index (κ2) is 4.95. The van der Waals surface area contributed by atoms with E-state index in [0.29, 0.717) is 17.1 Å². The number of ketones is 1. The maximum atomic E-state index is 11.9. The predicted molar refractivity (Wildman–Crippen MR) is 60.3 cm³/mol. The molecule has 1 nitrogen and oxygen atoms in total. The Balaban J connectivity index is 2.79. The Kier molecular flexibility index (Phi) is 4.15. The summed E-state index contributed by atoms with van der Waals surface area (Å²) in [5, 5.41) is 0. The first kappa shape index (κ1) is 11.7. The van der Waals surface area contributed by atoms with Gasteiger partial charge in [0.15, 0.2) is 0 Å². The summed E-state index contributed by atoms with van der Waals surface area (Å²) in [6, 6.07) is 0. The van der Waals surface area contributed by atoms with Crippen LogP contribution in [0.3, 0.4) is 0 Å². The molecule has 1 heteroatoms. The Hall–Kier alpha value is -0.330. The molecule has 0 aromatic carbocycles. The molecule has 0 amide bonds. The highest BCUT2D eigenvalue weighted by molar-refractivity contribution is 5.82. The predicted octanol–water partition coefficient (Wildman–Crippen LogP) is 3.96. The van der Waals surface area contributed by atoms with E-state index in [1.54, 1.807) is 0 Å². The van der Waals surface area contributed by atoms with Crippen molar-refractivity contribution in [1.82, 2.24) is 0 Å². The van der Waals surface area contributed by atoms with Gasteiger partial charge in [0, 0.05) is 12.3 Å². The number of hydrogen-bond donors (Lipinski definition) is 0. The van der Waals surface area contributed by atoms with E-state index in [0.717, 1.165) is 38.5 Å². The standard InChI is InChI=1S/C13H24O/c1-4-13(5-2,6-3)11-9-7-8-10-12(11)14/h11H,4-10H2,1-3H3. The summed E-state index contributed by atoms with van der Waals surface area (Å²) in [5.74, 6) is 0.915. The summed E-state index contributed by atoms with van der Waals surface area (Å²) in [6.07, 6.45) is 7.87. The van der Waals surface area contributed by atoms with Crippen molar-refractivity contribution in [3.8, 4) is 0 Å². The molecule has 14 heavy (non-hydrogen) atoms. The molecule has 1 rings (SSSR count). The van der Waals surface area contributed by atoms with Gasteiger partial charge in [0.05, 0.1) is 0 Å². The van der Waals surface area contributed by atoms with Crippen molar-refractivity contribution in [3.63, 3.8) is 0 Å². The molecule has 0 aliphatic heterocycles. The van der Waals surface area contributed by atoms with Gasteiger partial charge in [-0.15, -0.1) is 0 Å². The molecule has 0 aromatic rings. The zero-order valence-electron chi connectivity index (χ0n) is 9.94. The van der Waals surface area contributed by atoms with Gasteiger partial charge in [-0.05, 0) is 37.5 Å². The van der Waals surface area contributed by atoms with Crippen LogP contribution in [0.1, 0.15) is 65.7 Å². The summed E-state index contributed by atoms with van der Waals surface area (Å²) < 4.78 is 0. The number of carbonyl (C=O) groups excluding carboxylic acids is 1. The lowest BCUT2D eigenvalue weighted by molar-refractivity contribution is -0.130. The van der Waals surface area contributed by atoms with Crippen LogP contribution in [0.25, 0.3) is 0 Å². The molecule has 1 fully saturated rings. The molecule has 1 saturated carbocycles. The third-order valence-electron chi connectivity index (χ3n) is 4.41. The van der Waals surface area contributed by atoms with E-state index in [4.69, 9.17) is 0 Å². The van der Waals surface area contributed by atoms with Crippen LogP contribution in [-0.2, 0) is 4.79 Å². The van der Waals surface area contributed by atoms with Crippen LogP contribution < -0.4 is 0 Å². The minimum atomic E-state index is 0.317. The van der Waals surface area contributed by atoms with Crippen molar-refractivity contribution in [1.29, 1.82) is 0 Å². The highest BCUT2D eigenvalue weighted by atomic mass is 16.1. The second-order valence-electron chi connectivity index (χ2n) is 4.69.